The molecule has 2 rings (SSSR count). The lowest BCUT2D eigenvalue weighted by Gasteiger charge is -2.29. The van der Waals surface area contributed by atoms with Crippen molar-refractivity contribution in [3.63, 3.8) is 0 Å². The van der Waals surface area contributed by atoms with Crippen LogP contribution in [-0.4, -0.2) is 61.5 Å². The van der Waals surface area contributed by atoms with Crippen molar-refractivity contribution in [3.05, 3.63) is 11.1 Å². The topological polar surface area (TPSA) is 114 Å². The molecule has 2 bridgehead atoms. The highest BCUT2D eigenvalue weighted by Gasteiger charge is 2.57. The lowest BCUT2D eigenvalue weighted by atomic mass is 9.88. The third-order valence-corrected chi connectivity index (χ3v) is 3.78. The standard InChI is InChI=1S/C16H20O9/c1-7(17)21-5-11-12(6-22-8(2)18)14-16(24-10(4)20)15(13(11)25-14)23-9(3)19/h13-16H,5-6H2,1-4H3/t13-,14-,15-,16+/m1/s1. The van der Waals surface area contributed by atoms with E-state index in [0.717, 1.165) is 0 Å². The first-order valence-corrected chi connectivity index (χ1v) is 7.69. The van der Waals surface area contributed by atoms with Crippen molar-refractivity contribution in [2.75, 3.05) is 13.2 Å². The van der Waals surface area contributed by atoms with Gasteiger partial charge in [-0.1, -0.05) is 0 Å². The molecule has 0 amide bonds. The summed E-state index contributed by atoms with van der Waals surface area (Å²) < 4.78 is 26.3. The van der Waals surface area contributed by atoms with Crippen LogP contribution in [0.2, 0.25) is 0 Å². The number of hydrogen-bond acceptors (Lipinski definition) is 9. The molecule has 9 heteroatoms. The summed E-state index contributed by atoms with van der Waals surface area (Å²) in [5.41, 5.74) is 1.08. The molecule has 0 aliphatic carbocycles. The van der Waals surface area contributed by atoms with Crippen LogP contribution >= 0.6 is 0 Å². The van der Waals surface area contributed by atoms with Crippen LogP contribution < -0.4 is 0 Å². The molecule has 0 N–H and O–H groups in total. The van der Waals surface area contributed by atoms with Gasteiger partial charge in [-0.05, 0) is 0 Å². The van der Waals surface area contributed by atoms with E-state index in [1.165, 1.54) is 27.7 Å². The van der Waals surface area contributed by atoms with Gasteiger partial charge in [0.25, 0.3) is 0 Å². The minimum absolute atomic E-state index is 0.0995. The Morgan fingerprint density at radius 3 is 1.36 bits per heavy atom. The van der Waals surface area contributed by atoms with E-state index in [0.29, 0.717) is 11.1 Å². The fourth-order valence-corrected chi connectivity index (χ4v) is 2.93. The molecule has 0 unspecified atom stereocenters. The first-order chi connectivity index (χ1) is 11.7. The molecule has 0 aromatic heterocycles. The van der Waals surface area contributed by atoms with Crippen LogP contribution in [0.5, 0.6) is 0 Å². The van der Waals surface area contributed by atoms with E-state index in [9.17, 15) is 19.2 Å². The van der Waals surface area contributed by atoms with Crippen molar-refractivity contribution in [2.45, 2.75) is 52.1 Å². The summed E-state index contributed by atoms with van der Waals surface area (Å²) in [5, 5.41) is 0. The van der Waals surface area contributed by atoms with Gasteiger partial charge < -0.3 is 23.7 Å². The highest BCUT2D eigenvalue weighted by atomic mass is 16.6. The largest absolute Gasteiger partial charge is 0.461 e. The quantitative estimate of drug-likeness (QED) is 0.370. The van der Waals surface area contributed by atoms with E-state index >= 15 is 0 Å². The molecule has 0 radical (unpaired) electrons. The van der Waals surface area contributed by atoms with Gasteiger partial charge in [-0.15, -0.1) is 0 Å². The van der Waals surface area contributed by atoms with Crippen LogP contribution in [0.25, 0.3) is 0 Å². The third kappa shape index (κ3) is 4.36. The number of fused-ring (bicyclic) bond motifs is 2. The molecule has 1 saturated heterocycles. The highest BCUT2D eigenvalue weighted by Crippen LogP contribution is 2.43. The number of rotatable bonds is 6. The molecular formula is C16H20O9. The summed E-state index contributed by atoms with van der Waals surface area (Å²) in [7, 11) is 0. The van der Waals surface area contributed by atoms with E-state index in [-0.39, 0.29) is 13.2 Å². The third-order valence-electron chi connectivity index (χ3n) is 3.78. The summed E-state index contributed by atoms with van der Waals surface area (Å²) >= 11 is 0. The predicted molar refractivity (Wildman–Crippen MR) is 80.1 cm³/mol. The average molecular weight is 356 g/mol. The number of hydrogen-bond donors (Lipinski definition) is 0. The first-order valence-electron chi connectivity index (χ1n) is 7.69. The second-order valence-corrected chi connectivity index (χ2v) is 5.74. The van der Waals surface area contributed by atoms with Gasteiger partial charge in [-0.3, -0.25) is 19.2 Å². The van der Waals surface area contributed by atoms with Crippen LogP contribution in [0.4, 0.5) is 0 Å². The van der Waals surface area contributed by atoms with E-state index in [2.05, 4.69) is 0 Å². The lowest BCUT2D eigenvalue weighted by molar-refractivity contribution is -0.164. The van der Waals surface area contributed by atoms with Crippen molar-refractivity contribution in [3.8, 4) is 0 Å². The molecule has 2 aliphatic heterocycles. The smallest absolute Gasteiger partial charge is 0.303 e. The maximum absolute atomic E-state index is 11.4. The minimum Gasteiger partial charge on any atom is -0.461 e. The Labute approximate surface area is 144 Å². The zero-order valence-corrected chi connectivity index (χ0v) is 14.4. The molecule has 0 saturated carbocycles. The Morgan fingerprint density at radius 1 is 0.720 bits per heavy atom. The zero-order chi connectivity index (χ0) is 18.7. The van der Waals surface area contributed by atoms with Crippen LogP contribution in [0, 0.1) is 0 Å². The predicted octanol–water partition coefficient (Wildman–Crippen LogP) is 0.0536. The Hall–Kier alpha value is -2.42. The van der Waals surface area contributed by atoms with Gasteiger partial charge in [-0.2, -0.15) is 0 Å². The highest BCUT2D eigenvalue weighted by molar-refractivity contribution is 5.69. The van der Waals surface area contributed by atoms with E-state index < -0.39 is 48.3 Å². The van der Waals surface area contributed by atoms with Crippen molar-refractivity contribution < 1.29 is 42.9 Å². The van der Waals surface area contributed by atoms with Gasteiger partial charge in [0.1, 0.15) is 25.4 Å². The van der Waals surface area contributed by atoms with Gasteiger partial charge >= 0.3 is 23.9 Å². The van der Waals surface area contributed by atoms with Crippen LogP contribution in [0.3, 0.4) is 0 Å². The molecule has 2 heterocycles. The molecule has 138 valence electrons. The summed E-state index contributed by atoms with van der Waals surface area (Å²) in [4.78, 5) is 45.0. The van der Waals surface area contributed by atoms with Crippen LogP contribution in [-0.2, 0) is 42.9 Å². The van der Waals surface area contributed by atoms with E-state index in [1.807, 2.05) is 0 Å². The Kier molecular flexibility index (Phi) is 5.78. The maximum atomic E-state index is 11.4. The summed E-state index contributed by atoms with van der Waals surface area (Å²) in [5.74, 6) is -2.12. The summed E-state index contributed by atoms with van der Waals surface area (Å²) in [6.45, 7) is 4.77. The summed E-state index contributed by atoms with van der Waals surface area (Å²) in [6, 6.07) is 0. The fraction of sp³-hybridized carbons (Fsp3) is 0.625. The van der Waals surface area contributed by atoms with Gasteiger partial charge in [-0.25, -0.2) is 0 Å². The van der Waals surface area contributed by atoms with Crippen LogP contribution in [0.1, 0.15) is 27.7 Å². The second kappa shape index (κ2) is 7.64. The molecule has 0 aromatic carbocycles. The van der Waals surface area contributed by atoms with E-state index in [4.69, 9.17) is 23.7 Å². The van der Waals surface area contributed by atoms with E-state index in [1.54, 1.807) is 0 Å². The Bertz CT molecular complexity index is 569. The fourth-order valence-electron chi connectivity index (χ4n) is 2.93. The molecule has 9 nitrogen and oxygen atoms in total. The molecule has 25 heavy (non-hydrogen) atoms. The van der Waals surface area contributed by atoms with Crippen molar-refractivity contribution in [1.29, 1.82) is 0 Å². The second-order valence-electron chi connectivity index (χ2n) is 5.74. The number of esters is 4. The lowest BCUT2D eigenvalue weighted by Crippen LogP contribution is -2.45. The Balaban J connectivity index is 2.32. The van der Waals surface area contributed by atoms with Gasteiger partial charge in [0, 0.05) is 38.8 Å². The van der Waals surface area contributed by atoms with Crippen molar-refractivity contribution >= 4 is 23.9 Å². The van der Waals surface area contributed by atoms with Gasteiger partial charge in [0.15, 0.2) is 12.2 Å². The number of ether oxygens (including phenoxy) is 5. The summed E-state index contributed by atoms with van der Waals surface area (Å²) in [6.07, 6.45) is -3.22. The monoisotopic (exact) mass is 356 g/mol. The maximum Gasteiger partial charge on any atom is 0.303 e. The normalized spacial score (nSPS) is 27.0. The molecule has 1 fully saturated rings. The molecule has 2 aliphatic rings. The van der Waals surface area contributed by atoms with Crippen molar-refractivity contribution in [1.82, 2.24) is 0 Å². The van der Waals surface area contributed by atoms with Gasteiger partial charge in [0.05, 0.1) is 0 Å². The molecule has 0 spiro atoms. The zero-order valence-electron chi connectivity index (χ0n) is 14.4. The van der Waals surface area contributed by atoms with Crippen LogP contribution in [0.15, 0.2) is 11.1 Å². The first kappa shape index (κ1) is 18.9. The van der Waals surface area contributed by atoms with Crippen molar-refractivity contribution in [2.24, 2.45) is 0 Å². The molecular weight excluding hydrogens is 336 g/mol. The molecule has 0 aromatic rings. The van der Waals surface area contributed by atoms with Gasteiger partial charge in [0.2, 0.25) is 0 Å². The SMILES string of the molecule is CC(=O)OCC1=C(COC(C)=O)[C@H]2O[C@H]1[C@H](OC(C)=O)[C@@H]2OC(C)=O. The number of carbonyl (C=O) groups excluding carboxylic acids is 4. The molecule has 4 atom stereocenters. The number of carbonyl (C=O) groups is 4. The average Bonchev–Trinajstić information content (AvgIpc) is 2.98. The minimum atomic E-state index is -0.863. The Morgan fingerprint density at radius 2 is 1.08 bits per heavy atom.